The maximum absolute atomic E-state index is 13.5. The highest BCUT2D eigenvalue weighted by atomic mass is 19.1. The molecule has 0 amide bonds. The van der Waals surface area contributed by atoms with Gasteiger partial charge in [0.15, 0.2) is 11.6 Å². The molecule has 0 fully saturated rings. The molecule has 0 saturated heterocycles. The van der Waals surface area contributed by atoms with E-state index in [1.54, 1.807) is 0 Å². The van der Waals surface area contributed by atoms with E-state index in [1.807, 2.05) is 6.92 Å². The predicted octanol–water partition coefficient (Wildman–Crippen LogP) is 2.19. The number of rotatable bonds is 9. The third-order valence-corrected chi connectivity index (χ3v) is 2.79. The minimum absolute atomic E-state index is 0.263. The highest BCUT2D eigenvalue weighted by molar-refractivity contribution is 5.40. The molecule has 0 saturated carbocycles. The number of likely N-dealkylation sites (N-methyl/N-ethyl adjacent to an activating group) is 1. The lowest BCUT2D eigenvalue weighted by Gasteiger charge is -2.19. The van der Waals surface area contributed by atoms with Crippen LogP contribution in [0.5, 0.6) is 0 Å². The van der Waals surface area contributed by atoms with Crippen molar-refractivity contribution in [3.63, 3.8) is 0 Å². The Labute approximate surface area is 114 Å². The van der Waals surface area contributed by atoms with E-state index < -0.39 is 5.82 Å². The van der Waals surface area contributed by atoms with E-state index in [4.69, 9.17) is 0 Å². The van der Waals surface area contributed by atoms with Gasteiger partial charge < -0.3 is 15.5 Å². The largest absolute Gasteiger partial charge is 0.366 e. The lowest BCUT2D eigenvalue weighted by Crippen LogP contribution is -2.30. The third-order valence-electron chi connectivity index (χ3n) is 2.79. The average Bonchev–Trinajstić information content (AvgIpc) is 2.41. The van der Waals surface area contributed by atoms with E-state index in [0.29, 0.717) is 19.0 Å². The fraction of sp³-hybridized carbons (Fsp3) is 0.692. The van der Waals surface area contributed by atoms with Gasteiger partial charge in [0.05, 0.1) is 6.20 Å². The number of aromatic nitrogens is 2. The molecule has 108 valence electrons. The first-order chi connectivity index (χ1) is 9.21. The fourth-order valence-electron chi connectivity index (χ4n) is 1.81. The Morgan fingerprint density at radius 1 is 1.21 bits per heavy atom. The summed E-state index contributed by atoms with van der Waals surface area (Å²) < 4.78 is 13.5. The summed E-state index contributed by atoms with van der Waals surface area (Å²) in [5, 5.41) is 5.99. The molecule has 0 aromatic carbocycles. The minimum atomic E-state index is -0.416. The van der Waals surface area contributed by atoms with Crippen molar-refractivity contribution in [2.75, 3.05) is 43.4 Å². The molecule has 1 aromatic rings. The van der Waals surface area contributed by atoms with Crippen LogP contribution in [0.25, 0.3) is 0 Å². The molecule has 0 aliphatic rings. The maximum atomic E-state index is 13.5. The first kappa shape index (κ1) is 15.6. The van der Waals surface area contributed by atoms with Crippen molar-refractivity contribution in [3.05, 3.63) is 12.0 Å². The molecule has 0 radical (unpaired) electrons. The molecule has 0 aliphatic carbocycles. The molecule has 1 rings (SSSR count). The molecule has 6 heteroatoms. The van der Waals surface area contributed by atoms with Crippen LogP contribution in [0.4, 0.5) is 16.2 Å². The van der Waals surface area contributed by atoms with Crippen LogP contribution in [0.1, 0.15) is 27.2 Å². The summed E-state index contributed by atoms with van der Waals surface area (Å²) in [5.41, 5.74) is 0. The van der Waals surface area contributed by atoms with Crippen molar-refractivity contribution in [2.45, 2.75) is 27.2 Å². The van der Waals surface area contributed by atoms with E-state index in [0.717, 1.165) is 26.1 Å². The van der Waals surface area contributed by atoms with Crippen LogP contribution in [0.3, 0.4) is 0 Å². The van der Waals surface area contributed by atoms with Gasteiger partial charge in [-0.15, -0.1) is 0 Å². The molecule has 19 heavy (non-hydrogen) atoms. The second kappa shape index (κ2) is 8.63. The van der Waals surface area contributed by atoms with Crippen molar-refractivity contribution in [3.8, 4) is 0 Å². The topological polar surface area (TPSA) is 53.1 Å². The minimum Gasteiger partial charge on any atom is -0.366 e. The van der Waals surface area contributed by atoms with Gasteiger partial charge in [-0.3, -0.25) is 0 Å². The zero-order valence-corrected chi connectivity index (χ0v) is 12.0. The monoisotopic (exact) mass is 269 g/mol. The van der Waals surface area contributed by atoms with Crippen molar-refractivity contribution >= 4 is 11.8 Å². The first-order valence-electron chi connectivity index (χ1n) is 6.93. The van der Waals surface area contributed by atoms with Crippen LogP contribution in [0.2, 0.25) is 0 Å². The first-order valence-corrected chi connectivity index (χ1v) is 6.93. The Morgan fingerprint density at radius 2 is 2.00 bits per heavy atom. The molecule has 1 aromatic heterocycles. The number of anilines is 2. The average molecular weight is 269 g/mol. The van der Waals surface area contributed by atoms with Gasteiger partial charge in [-0.05, 0) is 26.4 Å². The summed E-state index contributed by atoms with van der Waals surface area (Å²) in [5.74, 6) is 0.297. The lowest BCUT2D eigenvalue weighted by molar-refractivity contribution is 0.300. The molecular weight excluding hydrogens is 245 g/mol. The van der Waals surface area contributed by atoms with Crippen LogP contribution in [0, 0.1) is 5.82 Å². The summed E-state index contributed by atoms with van der Waals surface area (Å²) in [6.07, 6.45) is 2.32. The molecule has 0 atom stereocenters. The van der Waals surface area contributed by atoms with E-state index >= 15 is 0 Å². The van der Waals surface area contributed by atoms with Crippen LogP contribution in [-0.2, 0) is 0 Å². The molecule has 5 nitrogen and oxygen atoms in total. The van der Waals surface area contributed by atoms with E-state index in [1.165, 1.54) is 6.20 Å². The molecule has 0 spiro atoms. The summed E-state index contributed by atoms with van der Waals surface area (Å²) >= 11 is 0. The molecular formula is C13H24FN5. The smallest absolute Gasteiger partial charge is 0.224 e. The Hall–Kier alpha value is -1.43. The zero-order chi connectivity index (χ0) is 14.1. The van der Waals surface area contributed by atoms with Gasteiger partial charge in [0, 0.05) is 19.6 Å². The van der Waals surface area contributed by atoms with Gasteiger partial charge in [-0.1, -0.05) is 13.8 Å². The maximum Gasteiger partial charge on any atom is 0.224 e. The lowest BCUT2D eigenvalue weighted by atomic mass is 10.4. The van der Waals surface area contributed by atoms with E-state index in [2.05, 4.69) is 39.3 Å². The number of hydrogen-bond donors (Lipinski definition) is 2. The number of hydrogen-bond acceptors (Lipinski definition) is 5. The SMILES string of the molecule is CCCN(CC)CCNc1nc(NCC)ncc1F. The van der Waals surface area contributed by atoms with Crippen molar-refractivity contribution < 1.29 is 4.39 Å². The molecule has 0 bridgehead atoms. The van der Waals surface area contributed by atoms with Gasteiger partial charge in [0.1, 0.15) is 0 Å². The summed E-state index contributed by atoms with van der Waals surface area (Å²) in [4.78, 5) is 10.3. The summed E-state index contributed by atoms with van der Waals surface area (Å²) in [6, 6.07) is 0. The molecule has 1 heterocycles. The second-order valence-electron chi connectivity index (χ2n) is 4.28. The van der Waals surface area contributed by atoms with Gasteiger partial charge in [0.25, 0.3) is 0 Å². The summed E-state index contributed by atoms with van der Waals surface area (Å²) in [7, 11) is 0. The predicted molar refractivity (Wildman–Crippen MR) is 77.0 cm³/mol. The Morgan fingerprint density at radius 3 is 2.63 bits per heavy atom. The number of halogens is 1. The zero-order valence-electron chi connectivity index (χ0n) is 12.0. The Kier molecular flexibility index (Phi) is 7.10. The van der Waals surface area contributed by atoms with Crippen LogP contribution < -0.4 is 10.6 Å². The third kappa shape index (κ3) is 5.38. The van der Waals surface area contributed by atoms with Gasteiger partial charge >= 0.3 is 0 Å². The quantitative estimate of drug-likeness (QED) is 0.720. The van der Waals surface area contributed by atoms with Crippen molar-refractivity contribution in [2.24, 2.45) is 0 Å². The van der Waals surface area contributed by atoms with Crippen molar-refractivity contribution in [1.82, 2.24) is 14.9 Å². The van der Waals surface area contributed by atoms with Gasteiger partial charge in [0.2, 0.25) is 5.95 Å². The molecule has 0 aliphatic heterocycles. The van der Waals surface area contributed by atoms with Crippen LogP contribution >= 0.6 is 0 Å². The summed E-state index contributed by atoms with van der Waals surface area (Å²) in [6.45, 7) is 10.6. The standard InChI is InChI=1S/C13H24FN5/c1-4-8-19(6-3)9-7-16-12-11(14)10-17-13(18-12)15-5-2/h10H,4-9H2,1-3H3,(H2,15,16,17,18). The number of nitrogens with one attached hydrogen (secondary N) is 2. The Bertz CT molecular complexity index is 372. The second-order valence-corrected chi connectivity index (χ2v) is 4.28. The highest BCUT2D eigenvalue weighted by Gasteiger charge is 2.07. The Balaban J connectivity index is 2.49. The van der Waals surface area contributed by atoms with Gasteiger partial charge in [-0.25, -0.2) is 9.37 Å². The molecule has 2 N–H and O–H groups in total. The molecule has 0 unspecified atom stereocenters. The number of nitrogens with zero attached hydrogens (tertiary/aromatic N) is 3. The van der Waals surface area contributed by atoms with Crippen molar-refractivity contribution in [1.29, 1.82) is 0 Å². The highest BCUT2D eigenvalue weighted by Crippen LogP contribution is 2.11. The fourth-order valence-corrected chi connectivity index (χ4v) is 1.81. The van der Waals surface area contributed by atoms with Crippen LogP contribution in [-0.4, -0.2) is 47.6 Å². The van der Waals surface area contributed by atoms with Gasteiger partial charge in [-0.2, -0.15) is 4.98 Å². The van der Waals surface area contributed by atoms with E-state index in [-0.39, 0.29) is 5.82 Å². The van der Waals surface area contributed by atoms with Crippen LogP contribution in [0.15, 0.2) is 6.20 Å². The van der Waals surface area contributed by atoms with E-state index in [9.17, 15) is 4.39 Å². The normalized spacial score (nSPS) is 10.8.